The molecule has 0 aliphatic heterocycles. The second kappa shape index (κ2) is 8.19. The maximum absolute atomic E-state index is 11.8. The van der Waals surface area contributed by atoms with Crippen molar-refractivity contribution in [3.05, 3.63) is 28.2 Å². The van der Waals surface area contributed by atoms with Crippen molar-refractivity contribution < 1.29 is 4.79 Å². The van der Waals surface area contributed by atoms with Crippen LogP contribution in [-0.4, -0.2) is 32.9 Å². The van der Waals surface area contributed by atoms with Crippen LogP contribution in [0.2, 0.25) is 0 Å². The van der Waals surface area contributed by atoms with Gasteiger partial charge in [-0.05, 0) is 24.3 Å². The molecule has 0 aromatic carbocycles. The van der Waals surface area contributed by atoms with Crippen molar-refractivity contribution in [3.8, 4) is 0 Å². The minimum Gasteiger partial charge on any atom is -0.353 e. The summed E-state index contributed by atoms with van der Waals surface area (Å²) >= 11 is 3.06. The van der Waals surface area contributed by atoms with Gasteiger partial charge in [-0.2, -0.15) is 0 Å². The molecule has 2 aromatic rings. The molecule has 114 valence electrons. The van der Waals surface area contributed by atoms with Crippen molar-refractivity contribution >= 4 is 29.0 Å². The number of thiophene rings is 1. The summed E-state index contributed by atoms with van der Waals surface area (Å²) in [5.74, 6) is 1.23. The van der Waals surface area contributed by atoms with Crippen molar-refractivity contribution in [2.45, 2.75) is 44.3 Å². The fourth-order valence-electron chi connectivity index (χ4n) is 1.89. The third kappa shape index (κ3) is 5.17. The number of nitrogens with one attached hydrogen (secondary N) is 2. The molecule has 2 N–H and O–H groups in total. The van der Waals surface area contributed by atoms with E-state index in [2.05, 4.69) is 40.4 Å². The van der Waals surface area contributed by atoms with Crippen LogP contribution < -0.4 is 5.32 Å². The minimum atomic E-state index is 0.0401. The predicted octanol–water partition coefficient (Wildman–Crippen LogP) is 2.85. The summed E-state index contributed by atoms with van der Waals surface area (Å²) in [5.41, 5.74) is 0. The van der Waals surface area contributed by atoms with Crippen molar-refractivity contribution in [1.82, 2.24) is 20.5 Å². The summed E-state index contributed by atoms with van der Waals surface area (Å²) in [7, 11) is 0. The van der Waals surface area contributed by atoms with E-state index in [1.165, 1.54) is 16.6 Å². The molecule has 0 aliphatic rings. The number of thioether (sulfide) groups is 1. The van der Waals surface area contributed by atoms with E-state index in [0.29, 0.717) is 10.9 Å². The van der Waals surface area contributed by atoms with Crippen LogP contribution in [0.25, 0.3) is 0 Å². The van der Waals surface area contributed by atoms with Gasteiger partial charge in [0, 0.05) is 17.3 Å². The second-order valence-corrected chi connectivity index (χ2v) is 6.67. The Morgan fingerprint density at radius 2 is 2.29 bits per heavy atom. The lowest BCUT2D eigenvalue weighted by atomic mass is 10.2. The number of hydrogen-bond acceptors (Lipinski definition) is 5. The number of carbonyl (C=O) groups is 1. The molecule has 21 heavy (non-hydrogen) atoms. The number of nitrogens with zero attached hydrogens (tertiary/aromatic N) is 2. The minimum absolute atomic E-state index is 0.0401. The third-order valence-electron chi connectivity index (χ3n) is 3.12. The van der Waals surface area contributed by atoms with Gasteiger partial charge in [0.25, 0.3) is 0 Å². The van der Waals surface area contributed by atoms with E-state index < -0.39 is 0 Å². The average Bonchev–Trinajstić information content (AvgIpc) is 3.15. The standard InChI is InChI=1S/C14H20N4OS2/c1-3-10(4-2)15-13(19)9-21-14-16-12(17-18-14)8-11-6-5-7-20-11/h5-7,10H,3-4,8-9H2,1-2H3,(H,15,19)(H,16,17,18). The van der Waals surface area contributed by atoms with Crippen LogP contribution in [0, 0.1) is 0 Å². The van der Waals surface area contributed by atoms with Gasteiger partial charge in [-0.1, -0.05) is 31.7 Å². The van der Waals surface area contributed by atoms with Gasteiger partial charge in [0.1, 0.15) is 5.82 Å². The molecule has 7 heteroatoms. The average molecular weight is 324 g/mol. The molecule has 0 fully saturated rings. The Morgan fingerprint density at radius 3 is 2.95 bits per heavy atom. The van der Waals surface area contributed by atoms with Crippen LogP contribution in [0.1, 0.15) is 37.4 Å². The van der Waals surface area contributed by atoms with E-state index in [1.54, 1.807) is 11.3 Å². The quantitative estimate of drug-likeness (QED) is 0.733. The zero-order chi connectivity index (χ0) is 15.1. The Labute approximate surface area is 132 Å². The number of rotatable bonds is 8. The Morgan fingerprint density at radius 1 is 1.48 bits per heavy atom. The van der Waals surface area contributed by atoms with Gasteiger partial charge < -0.3 is 5.32 Å². The summed E-state index contributed by atoms with van der Waals surface area (Å²) < 4.78 is 0. The fraction of sp³-hybridized carbons (Fsp3) is 0.500. The lowest BCUT2D eigenvalue weighted by Crippen LogP contribution is -2.35. The summed E-state index contributed by atoms with van der Waals surface area (Å²) in [6.45, 7) is 4.15. The lowest BCUT2D eigenvalue weighted by Gasteiger charge is -2.13. The van der Waals surface area contributed by atoms with Gasteiger partial charge in [0.15, 0.2) is 0 Å². The summed E-state index contributed by atoms with van der Waals surface area (Å²) in [6.07, 6.45) is 2.67. The normalized spacial score (nSPS) is 11.0. The molecule has 0 bridgehead atoms. The number of H-pyrrole nitrogens is 1. The van der Waals surface area contributed by atoms with E-state index in [4.69, 9.17) is 0 Å². The highest BCUT2D eigenvalue weighted by atomic mass is 32.2. The Hall–Kier alpha value is -1.34. The van der Waals surface area contributed by atoms with Crippen LogP contribution in [0.3, 0.4) is 0 Å². The molecular weight excluding hydrogens is 304 g/mol. The molecule has 0 unspecified atom stereocenters. The van der Waals surface area contributed by atoms with Crippen molar-refractivity contribution in [3.63, 3.8) is 0 Å². The first kappa shape index (κ1) is 16.0. The van der Waals surface area contributed by atoms with Crippen molar-refractivity contribution in [1.29, 1.82) is 0 Å². The molecule has 0 spiro atoms. The van der Waals surface area contributed by atoms with Crippen molar-refractivity contribution in [2.75, 3.05) is 5.75 Å². The first-order valence-electron chi connectivity index (χ1n) is 7.07. The monoisotopic (exact) mass is 324 g/mol. The van der Waals surface area contributed by atoms with E-state index in [9.17, 15) is 4.79 Å². The second-order valence-electron chi connectivity index (χ2n) is 4.69. The van der Waals surface area contributed by atoms with Crippen LogP contribution >= 0.6 is 23.1 Å². The van der Waals surface area contributed by atoms with Gasteiger partial charge in [-0.15, -0.1) is 16.4 Å². The highest BCUT2D eigenvalue weighted by Crippen LogP contribution is 2.16. The van der Waals surface area contributed by atoms with Gasteiger partial charge in [-0.25, -0.2) is 4.98 Å². The Bertz CT molecular complexity index is 549. The molecule has 2 aromatic heterocycles. The number of aromatic nitrogens is 3. The van der Waals surface area contributed by atoms with Crippen LogP contribution in [0.4, 0.5) is 0 Å². The smallest absolute Gasteiger partial charge is 0.230 e. The molecule has 5 nitrogen and oxygen atoms in total. The number of aromatic amines is 1. The number of amides is 1. The van der Waals surface area contributed by atoms with Gasteiger partial charge >= 0.3 is 0 Å². The summed E-state index contributed by atoms with van der Waals surface area (Å²) in [6, 6.07) is 4.36. The molecule has 0 saturated carbocycles. The summed E-state index contributed by atoms with van der Waals surface area (Å²) in [5, 5.41) is 12.7. The molecule has 0 atom stereocenters. The molecule has 0 saturated heterocycles. The molecule has 2 rings (SSSR count). The van der Waals surface area contributed by atoms with Crippen LogP contribution in [-0.2, 0) is 11.2 Å². The molecule has 0 aliphatic carbocycles. The van der Waals surface area contributed by atoms with Crippen LogP contribution in [0.15, 0.2) is 22.7 Å². The Kier molecular flexibility index (Phi) is 6.25. The third-order valence-corrected chi connectivity index (χ3v) is 4.84. The van der Waals surface area contributed by atoms with E-state index in [-0.39, 0.29) is 11.9 Å². The maximum atomic E-state index is 11.8. The first-order valence-corrected chi connectivity index (χ1v) is 8.93. The van der Waals surface area contributed by atoms with Crippen LogP contribution in [0.5, 0.6) is 0 Å². The highest BCUT2D eigenvalue weighted by Gasteiger charge is 2.11. The van der Waals surface area contributed by atoms with E-state index in [0.717, 1.165) is 25.1 Å². The molecule has 1 amide bonds. The topological polar surface area (TPSA) is 70.7 Å². The molecule has 2 heterocycles. The Balaban J connectivity index is 1.78. The fourth-order valence-corrected chi connectivity index (χ4v) is 3.23. The first-order chi connectivity index (χ1) is 10.2. The zero-order valence-electron chi connectivity index (χ0n) is 12.3. The predicted molar refractivity (Wildman–Crippen MR) is 86.7 cm³/mol. The van der Waals surface area contributed by atoms with Crippen molar-refractivity contribution in [2.24, 2.45) is 0 Å². The largest absolute Gasteiger partial charge is 0.353 e. The van der Waals surface area contributed by atoms with Gasteiger partial charge in [0.05, 0.1) is 5.75 Å². The summed E-state index contributed by atoms with van der Waals surface area (Å²) in [4.78, 5) is 17.5. The zero-order valence-corrected chi connectivity index (χ0v) is 13.9. The molecule has 0 radical (unpaired) electrons. The molecular formula is C14H20N4OS2. The van der Waals surface area contributed by atoms with Gasteiger partial charge in [0.2, 0.25) is 11.1 Å². The lowest BCUT2D eigenvalue weighted by molar-refractivity contribution is -0.119. The maximum Gasteiger partial charge on any atom is 0.230 e. The van der Waals surface area contributed by atoms with Gasteiger partial charge in [-0.3, -0.25) is 9.89 Å². The SMILES string of the molecule is CCC(CC)NC(=O)CSc1n[nH]c(Cc2cccs2)n1. The van der Waals surface area contributed by atoms with E-state index in [1.807, 2.05) is 11.4 Å². The number of hydrogen-bond donors (Lipinski definition) is 2. The number of carbonyl (C=O) groups excluding carboxylic acids is 1. The highest BCUT2D eigenvalue weighted by molar-refractivity contribution is 7.99. The van der Waals surface area contributed by atoms with E-state index >= 15 is 0 Å².